The molecule has 0 aliphatic heterocycles. The maximum absolute atomic E-state index is 12.0. The zero-order valence-corrected chi connectivity index (χ0v) is 13.5. The number of rotatable bonds is 3. The second-order valence-electron chi connectivity index (χ2n) is 3.95. The van der Waals surface area contributed by atoms with E-state index in [0.29, 0.717) is 15.5 Å². The molecule has 0 atom stereocenters. The molecule has 8 heteroatoms. The van der Waals surface area contributed by atoms with Gasteiger partial charge in [-0.25, -0.2) is 0 Å². The van der Waals surface area contributed by atoms with Crippen molar-refractivity contribution in [3.8, 4) is 11.5 Å². The summed E-state index contributed by atoms with van der Waals surface area (Å²) < 4.78 is 6.27. The summed E-state index contributed by atoms with van der Waals surface area (Å²) >= 11 is 10.7. The Bertz CT molecular complexity index is 802. The number of thiophene rings is 1. The van der Waals surface area contributed by atoms with Crippen LogP contribution in [0.15, 0.2) is 44.6 Å². The number of amides is 1. The van der Waals surface area contributed by atoms with E-state index in [-0.39, 0.29) is 17.8 Å². The third kappa shape index (κ3) is 3.15. The minimum Gasteiger partial charge on any atom is -0.403 e. The second kappa shape index (κ2) is 5.97. The first kappa shape index (κ1) is 14.2. The molecule has 3 aromatic rings. The predicted molar refractivity (Wildman–Crippen MR) is 84.7 cm³/mol. The summed E-state index contributed by atoms with van der Waals surface area (Å²) in [6.07, 6.45) is 0. The SMILES string of the molecule is O=C(Nc1nnc(-c2ccccc2Cl)o1)c1ccc(Br)s1. The van der Waals surface area contributed by atoms with E-state index in [1.807, 2.05) is 6.07 Å². The highest BCUT2D eigenvalue weighted by molar-refractivity contribution is 9.11. The highest BCUT2D eigenvalue weighted by atomic mass is 79.9. The van der Waals surface area contributed by atoms with Crippen LogP contribution in [0.1, 0.15) is 9.67 Å². The summed E-state index contributed by atoms with van der Waals surface area (Å²) in [4.78, 5) is 12.5. The zero-order valence-electron chi connectivity index (χ0n) is 10.3. The van der Waals surface area contributed by atoms with Crippen LogP contribution in [0.25, 0.3) is 11.5 Å². The van der Waals surface area contributed by atoms with Gasteiger partial charge in [-0.3, -0.25) is 10.1 Å². The van der Waals surface area contributed by atoms with E-state index in [0.717, 1.165) is 3.79 Å². The Kier molecular flexibility index (Phi) is 4.05. The maximum atomic E-state index is 12.0. The zero-order chi connectivity index (χ0) is 14.8. The number of nitrogens with zero attached hydrogens (tertiary/aromatic N) is 2. The van der Waals surface area contributed by atoms with Gasteiger partial charge in [0.05, 0.1) is 19.2 Å². The minimum absolute atomic E-state index is 0.0273. The normalized spacial score (nSPS) is 10.6. The van der Waals surface area contributed by atoms with Gasteiger partial charge in [0.2, 0.25) is 0 Å². The first-order chi connectivity index (χ1) is 10.1. The van der Waals surface area contributed by atoms with Crippen LogP contribution in [0, 0.1) is 0 Å². The fourth-order valence-electron chi connectivity index (χ4n) is 1.61. The Balaban J connectivity index is 1.80. The lowest BCUT2D eigenvalue weighted by molar-refractivity contribution is 0.102. The standard InChI is InChI=1S/C13H7BrClN3O2S/c14-10-6-5-9(21-10)11(19)16-13-18-17-12(20-13)7-3-1-2-4-8(7)15/h1-6H,(H,16,18,19). The Morgan fingerprint density at radius 1 is 1.24 bits per heavy atom. The van der Waals surface area contributed by atoms with Crippen molar-refractivity contribution in [3.63, 3.8) is 0 Å². The molecule has 0 saturated carbocycles. The summed E-state index contributed by atoms with van der Waals surface area (Å²) in [5, 5.41) is 10.7. The second-order valence-corrected chi connectivity index (χ2v) is 6.82. The molecular formula is C13H7BrClN3O2S. The Morgan fingerprint density at radius 3 is 2.76 bits per heavy atom. The van der Waals surface area contributed by atoms with Crippen molar-refractivity contribution >= 4 is 50.8 Å². The average Bonchev–Trinajstić information content (AvgIpc) is 3.08. The highest BCUT2D eigenvalue weighted by Gasteiger charge is 2.15. The quantitative estimate of drug-likeness (QED) is 0.723. The van der Waals surface area contributed by atoms with Gasteiger partial charge in [0.1, 0.15) is 0 Å². The molecule has 0 spiro atoms. The summed E-state index contributed by atoms with van der Waals surface area (Å²) in [5.74, 6) is -0.0525. The number of carbonyl (C=O) groups is 1. The van der Waals surface area contributed by atoms with E-state index >= 15 is 0 Å². The monoisotopic (exact) mass is 383 g/mol. The summed E-state index contributed by atoms with van der Waals surface area (Å²) in [7, 11) is 0. The van der Waals surface area contributed by atoms with Crippen LogP contribution in [-0.2, 0) is 0 Å². The molecule has 2 aromatic heterocycles. The molecule has 3 rings (SSSR count). The summed E-state index contributed by atoms with van der Waals surface area (Å²) in [6, 6.07) is 10.6. The number of benzene rings is 1. The van der Waals surface area contributed by atoms with Gasteiger partial charge >= 0.3 is 6.01 Å². The van der Waals surface area contributed by atoms with Crippen LogP contribution < -0.4 is 5.32 Å². The average molecular weight is 385 g/mol. The smallest absolute Gasteiger partial charge is 0.322 e. The molecule has 0 saturated heterocycles. The van der Waals surface area contributed by atoms with Crippen LogP contribution in [0.4, 0.5) is 6.01 Å². The van der Waals surface area contributed by atoms with Gasteiger partial charge in [-0.1, -0.05) is 28.8 Å². The molecule has 0 bridgehead atoms. The lowest BCUT2D eigenvalue weighted by Gasteiger charge is -1.98. The molecule has 0 radical (unpaired) electrons. The lowest BCUT2D eigenvalue weighted by Crippen LogP contribution is -2.10. The molecule has 2 heterocycles. The Labute approximate surface area is 137 Å². The van der Waals surface area contributed by atoms with E-state index < -0.39 is 0 Å². The molecule has 1 aromatic carbocycles. The largest absolute Gasteiger partial charge is 0.403 e. The maximum Gasteiger partial charge on any atom is 0.322 e. The first-order valence-electron chi connectivity index (χ1n) is 5.78. The molecule has 0 unspecified atom stereocenters. The number of hydrogen-bond donors (Lipinski definition) is 1. The number of aromatic nitrogens is 2. The van der Waals surface area contributed by atoms with Crippen LogP contribution in [0.5, 0.6) is 0 Å². The van der Waals surface area contributed by atoms with Crippen LogP contribution >= 0.6 is 38.9 Å². The van der Waals surface area contributed by atoms with Gasteiger partial charge in [-0.05, 0) is 40.2 Å². The Hall–Kier alpha value is -1.70. The van der Waals surface area contributed by atoms with Crippen LogP contribution in [-0.4, -0.2) is 16.1 Å². The van der Waals surface area contributed by atoms with E-state index in [2.05, 4.69) is 31.4 Å². The third-order valence-corrected chi connectivity index (χ3v) is 4.50. The third-order valence-electron chi connectivity index (χ3n) is 2.55. The number of hydrogen-bond acceptors (Lipinski definition) is 5. The van der Waals surface area contributed by atoms with E-state index in [4.69, 9.17) is 16.0 Å². The Morgan fingerprint density at radius 2 is 2.05 bits per heavy atom. The van der Waals surface area contributed by atoms with Gasteiger partial charge < -0.3 is 4.42 Å². The molecule has 0 aliphatic carbocycles. The molecule has 1 amide bonds. The first-order valence-corrected chi connectivity index (χ1v) is 7.77. The van der Waals surface area contributed by atoms with E-state index in [1.165, 1.54) is 11.3 Å². The predicted octanol–water partition coefficient (Wildman–Crippen LogP) is 4.47. The fraction of sp³-hybridized carbons (Fsp3) is 0. The number of halogens is 2. The van der Waals surface area contributed by atoms with Crippen molar-refractivity contribution in [2.75, 3.05) is 5.32 Å². The van der Waals surface area contributed by atoms with Crippen molar-refractivity contribution in [2.45, 2.75) is 0 Å². The molecule has 5 nitrogen and oxygen atoms in total. The highest BCUT2D eigenvalue weighted by Crippen LogP contribution is 2.28. The molecule has 1 N–H and O–H groups in total. The molecule has 0 fully saturated rings. The van der Waals surface area contributed by atoms with Crippen LogP contribution in [0.3, 0.4) is 0 Å². The van der Waals surface area contributed by atoms with Crippen molar-refractivity contribution < 1.29 is 9.21 Å². The lowest BCUT2D eigenvalue weighted by atomic mass is 10.2. The van der Waals surface area contributed by atoms with E-state index in [1.54, 1.807) is 30.3 Å². The molecular weight excluding hydrogens is 378 g/mol. The number of anilines is 1. The molecule has 106 valence electrons. The van der Waals surface area contributed by atoms with Crippen molar-refractivity contribution in [3.05, 3.63) is 50.1 Å². The van der Waals surface area contributed by atoms with Crippen molar-refractivity contribution in [1.82, 2.24) is 10.2 Å². The van der Waals surface area contributed by atoms with Crippen molar-refractivity contribution in [1.29, 1.82) is 0 Å². The minimum atomic E-state index is -0.306. The molecule has 0 aliphatic rings. The van der Waals surface area contributed by atoms with Crippen molar-refractivity contribution in [2.24, 2.45) is 0 Å². The number of carbonyl (C=O) groups excluding carboxylic acids is 1. The van der Waals surface area contributed by atoms with Gasteiger partial charge in [0.25, 0.3) is 11.8 Å². The summed E-state index contributed by atoms with van der Waals surface area (Å²) in [5.41, 5.74) is 0.617. The van der Waals surface area contributed by atoms with Gasteiger partial charge in [0, 0.05) is 0 Å². The molecule has 21 heavy (non-hydrogen) atoms. The number of nitrogens with one attached hydrogen (secondary N) is 1. The van der Waals surface area contributed by atoms with Gasteiger partial charge in [-0.15, -0.1) is 16.4 Å². The van der Waals surface area contributed by atoms with Gasteiger partial charge in [0.15, 0.2) is 0 Å². The topological polar surface area (TPSA) is 68.0 Å². The van der Waals surface area contributed by atoms with Gasteiger partial charge in [-0.2, -0.15) is 0 Å². The van der Waals surface area contributed by atoms with E-state index in [9.17, 15) is 4.79 Å². The van der Waals surface area contributed by atoms with Crippen LogP contribution in [0.2, 0.25) is 5.02 Å². The summed E-state index contributed by atoms with van der Waals surface area (Å²) in [6.45, 7) is 0. The fourth-order valence-corrected chi connectivity index (χ4v) is 3.11.